The highest BCUT2D eigenvalue weighted by molar-refractivity contribution is 5.91. The molecular weight excluding hydrogens is 312 g/mol. The number of carbonyl (C=O) groups is 2. The van der Waals surface area contributed by atoms with Crippen molar-refractivity contribution in [3.8, 4) is 11.6 Å². The van der Waals surface area contributed by atoms with Crippen LogP contribution in [-0.4, -0.2) is 35.4 Å². The van der Waals surface area contributed by atoms with Crippen molar-refractivity contribution in [2.75, 3.05) is 13.7 Å². The second-order valence-corrected chi connectivity index (χ2v) is 5.10. The molecule has 0 radical (unpaired) electrons. The highest BCUT2D eigenvalue weighted by Gasteiger charge is 2.17. The molecule has 0 unspecified atom stereocenters. The third-order valence-corrected chi connectivity index (χ3v) is 3.29. The first-order valence-electron chi connectivity index (χ1n) is 7.62. The lowest BCUT2D eigenvalue weighted by molar-refractivity contribution is 0.0592. The fourth-order valence-corrected chi connectivity index (χ4v) is 1.93. The van der Waals surface area contributed by atoms with Crippen LogP contribution in [0.2, 0.25) is 0 Å². The van der Waals surface area contributed by atoms with Crippen LogP contribution in [0.15, 0.2) is 30.3 Å². The Hall–Kier alpha value is -2.83. The number of nitrogens with zero attached hydrogens (tertiary/aromatic N) is 2. The zero-order chi connectivity index (χ0) is 17.5. The van der Waals surface area contributed by atoms with Gasteiger partial charge in [-0.3, -0.25) is 0 Å². The molecule has 0 amide bonds. The van der Waals surface area contributed by atoms with Crippen LogP contribution < -0.4 is 9.47 Å². The molecule has 1 aromatic carbocycles. The van der Waals surface area contributed by atoms with Gasteiger partial charge in [0.15, 0.2) is 5.69 Å². The number of benzene rings is 1. The first kappa shape index (κ1) is 17.5. The molecule has 0 fully saturated rings. The van der Waals surface area contributed by atoms with Crippen molar-refractivity contribution in [3.63, 3.8) is 0 Å². The van der Waals surface area contributed by atoms with Gasteiger partial charge in [0.2, 0.25) is 5.88 Å². The van der Waals surface area contributed by atoms with E-state index >= 15 is 0 Å². The number of unbranched alkanes of at least 4 members (excludes halogenated alkanes) is 1. The molecule has 1 heterocycles. The predicted molar refractivity (Wildman–Crippen MR) is 86.4 cm³/mol. The van der Waals surface area contributed by atoms with E-state index in [0.29, 0.717) is 17.9 Å². The van der Waals surface area contributed by atoms with E-state index in [4.69, 9.17) is 9.47 Å². The van der Waals surface area contributed by atoms with Crippen molar-refractivity contribution in [3.05, 3.63) is 41.6 Å². The summed E-state index contributed by atoms with van der Waals surface area (Å²) in [4.78, 5) is 23.6. The summed E-state index contributed by atoms with van der Waals surface area (Å²) in [5, 5.41) is 3.93. The van der Waals surface area contributed by atoms with E-state index in [2.05, 4.69) is 16.8 Å². The van der Waals surface area contributed by atoms with Gasteiger partial charge in [0, 0.05) is 13.1 Å². The van der Waals surface area contributed by atoms with E-state index in [1.807, 2.05) is 0 Å². The largest absolute Gasteiger partial charge is 0.494 e. The lowest BCUT2D eigenvalue weighted by atomic mass is 10.2. The summed E-state index contributed by atoms with van der Waals surface area (Å²) in [5.41, 5.74) is 0.445. The maximum Gasteiger partial charge on any atom is 0.358 e. The molecule has 128 valence electrons. The fraction of sp³-hybridized carbons (Fsp3) is 0.353. The summed E-state index contributed by atoms with van der Waals surface area (Å²) in [6.45, 7) is 2.73. The first-order chi connectivity index (χ1) is 11.5. The van der Waals surface area contributed by atoms with Gasteiger partial charge in [0.05, 0.1) is 19.3 Å². The summed E-state index contributed by atoms with van der Waals surface area (Å²) in [7, 11) is 2.83. The van der Waals surface area contributed by atoms with Crippen molar-refractivity contribution < 1.29 is 23.8 Å². The summed E-state index contributed by atoms with van der Waals surface area (Å²) in [5.74, 6) is -0.284. The number of carbonyl (C=O) groups excluding carboxylic acids is 2. The lowest BCUT2D eigenvalue weighted by Crippen LogP contribution is -2.11. The van der Waals surface area contributed by atoms with Gasteiger partial charge >= 0.3 is 11.9 Å². The molecule has 0 aliphatic rings. The maximum atomic E-state index is 12.2. The number of hydrogen-bond donors (Lipinski definition) is 0. The standard InChI is InChI=1S/C17H20N2O5/c1-4-5-10-23-13-8-6-12(7-9-13)16(20)24-15-11-14(17(21)22-3)18-19(15)2/h6-9,11H,4-5,10H2,1-3H3. The molecular formula is C17H20N2O5. The molecule has 1 aromatic heterocycles. The van der Waals surface area contributed by atoms with Crippen LogP contribution in [0.1, 0.15) is 40.6 Å². The van der Waals surface area contributed by atoms with E-state index in [9.17, 15) is 9.59 Å². The molecule has 24 heavy (non-hydrogen) atoms. The maximum absolute atomic E-state index is 12.2. The Morgan fingerprint density at radius 3 is 2.50 bits per heavy atom. The zero-order valence-electron chi connectivity index (χ0n) is 13.9. The monoisotopic (exact) mass is 332 g/mol. The quantitative estimate of drug-likeness (QED) is 0.573. The Kier molecular flexibility index (Phi) is 5.95. The summed E-state index contributed by atoms with van der Waals surface area (Å²) in [6, 6.07) is 8.04. The van der Waals surface area contributed by atoms with Gasteiger partial charge < -0.3 is 14.2 Å². The summed E-state index contributed by atoms with van der Waals surface area (Å²) < 4.78 is 16.7. The number of methoxy groups -OCH3 is 1. The van der Waals surface area contributed by atoms with E-state index in [1.165, 1.54) is 17.9 Å². The Morgan fingerprint density at radius 2 is 1.88 bits per heavy atom. The molecule has 0 spiro atoms. The third-order valence-electron chi connectivity index (χ3n) is 3.29. The molecule has 0 bridgehead atoms. The molecule has 2 rings (SSSR count). The van der Waals surface area contributed by atoms with E-state index in [0.717, 1.165) is 12.8 Å². The van der Waals surface area contributed by atoms with Crippen molar-refractivity contribution in [1.29, 1.82) is 0 Å². The number of ether oxygens (including phenoxy) is 3. The number of rotatable bonds is 7. The van der Waals surface area contributed by atoms with Gasteiger partial charge in [0.25, 0.3) is 0 Å². The van der Waals surface area contributed by atoms with E-state index < -0.39 is 11.9 Å². The van der Waals surface area contributed by atoms with Gasteiger partial charge in [-0.2, -0.15) is 5.10 Å². The fourth-order valence-electron chi connectivity index (χ4n) is 1.93. The average molecular weight is 332 g/mol. The number of aryl methyl sites for hydroxylation is 1. The minimum atomic E-state index is -0.596. The molecule has 0 aliphatic heterocycles. The van der Waals surface area contributed by atoms with Crippen LogP contribution >= 0.6 is 0 Å². The topological polar surface area (TPSA) is 79.7 Å². The SMILES string of the molecule is CCCCOc1ccc(C(=O)Oc2cc(C(=O)OC)nn2C)cc1. The van der Waals surface area contributed by atoms with E-state index in [1.54, 1.807) is 31.3 Å². The van der Waals surface area contributed by atoms with Crippen molar-refractivity contribution in [2.45, 2.75) is 19.8 Å². The summed E-state index contributed by atoms with van der Waals surface area (Å²) >= 11 is 0. The summed E-state index contributed by atoms with van der Waals surface area (Å²) in [6.07, 6.45) is 2.04. The van der Waals surface area contributed by atoms with Crippen LogP contribution in [0.5, 0.6) is 11.6 Å². The Labute approximate surface area is 140 Å². The third kappa shape index (κ3) is 4.34. The van der Waals surface area contributed by atoms with Gasteiger partial charge in [-0.05, 0) is 30.7 Å². The Bertz CT molecular complexity index is 706. The highest BCUT2D eigenvalue weighted by Crippen LogP contribution is 2.17. The zero-order valence-corrected chi connectivity index (χ0v) is 13.9. The first-order valence-corrected chi connectivity index (χ1v) is 7.62. The smallest absolute Gasteiger partial charge is 0.358 e. The van der Waals surface area contributed by atoms with Crippen molar-refractivity contribution in [1.82, 2.24) is 9.78 Å². The van der Waals surface area contributed by atoms with Crippen molar-refractivity contribution in [2.24, 2.45) is 7.05 Å². The van der Waals surface area contributed by atoms with Gasteiger partial charge in [-0.15, -0.1) is 0 Å². The van der Waals surface area contributed by atoms with Crippen LogP contribution in [-0.2, 0) is 11.8 Å². The van der Waals surface area contributed by atoms with Gasteiger partial charge in [-0.25, -0.2) is 14.3 Å². The van der Waals surface area contributed by atoms with Gasteiger partial charge in [-0.1, -0.05) is 13.3 Å². The molecule has 2 aromatic rings. The highest BCUT2D eigenvalue weighted by atomic mass is 16.5. The molecule has 7 heteroatoms. The van der Waals surface area contributed by atoms with Crippen LogP contribution in [0.4, 0.5) is 0 Å². The molecule has 7 nitrogen and oxygen atoms in total. The Balaban J connectivity index is 2.02. The second-order valence-electron chi connectivity index (χ2n) is 5.10. The molecule has 0 aliphatic carbocycles. The van der Waals surface area contributed by atoms with E-state index in [-0.39, 0.29) is 11.6 Å². The average Bonchev–Trinajstić information content (AvgIpc) is 2.95. The normalized spacial score (nSPS) is 10.3. The molecule has 0 saturated heterocycles. The molecule has 0 N–H and O–H groups in total. The van der Waals surface area contributed by atoms with Gasteiger partial charge in [0.1, 0.15) is 5.75 Å². The second kappa shape index (κ2) is 8.14. The number of aromatic nitrogens is 2. The van der Waals surface area contributed by atoms with Crippen molar-refractivity contribution >= 4 is 11.9 Å². The minimum Gasteiger partial charge on any atom is -0.494 e. The predicted octanol–water partition coefficient (Wildman–Crippen LogP) is 2.60. The molecule has 0 saturated carbocycles. The number of hydrogen-bond acceptors (Lipinski definition) is 6. The number of esters is 2. The lowest BCUT2D eigenvalue weighted by Gasteiger charge is -2.07. The van der Waals surface area contributed by atoms with Crippen LogP contribution in [0.3, 0.4) is 0 Å². The van der Waals surface area contributed by atoms with Crippen LogP contribution in [0.25, 0.3) is 0 Å². The van der Waals surface area contributed by atoms with Crippen LogP contribution in [0, 0.1) is 0 Å². The molecule has 0 atom stereocenters. The minimum absolute atomic E-state index is 0.0717. The Morgan fingerprint density at radius 1 is 1.17 bits per heavy atom.